The highest BCUT2D eigenvalue weighted by molar-refractivity contribution is 6.16. The minimum Gasteiger partial charge on any atom is -0.337 e. The van der Waals surface area contributed by atoms with Gasteiger partial charge >= 0.3 is 0 Å². The van der Waals surface area contributed by atoms with Gasteiger partial charge in [-0.05, 0) is 31.4 Å². The Hall–Kier alpha value is -1.88. The van der Waals surface area contributed by atoms with Crippen LogP contribution in [0.5, 0.6) is 0 Å². The summed E-state index contributed by atoms with van der Waals surface area (Å²) in [5, 5.41) is 0. The molecule has 0 aromatic carbocycles. The zero-order valence-corrected chi connectivity index (χ0v) is 12.8. The first kappa shape index (κ1) is 14.1. The van der Waals surface area contributed by atoms with Crippen LogP contribution in [-0.4, -0.2) is 24.1 Å². The summed E-state index contributed by atoms with van der Waals surface area (Å²) in [4.78, 5) is 13.1. The van der Waals surface area contributed by atoms with Crippen LogP contribution in [-0.2, 0) is 19.0 Å². The van der Waals surface area contributed by atoms with Gasteiger partial charge in [-0.25, -0.2) is 15.0 Å². The van der Waals surface area contributed by atoms with Gasteiger partial charge < -0.3 is 9.13 Å². The number of halogens is 1. The lowest BCUT2D eigenvalue weighted by Gasteiger charge is -2.07. The Morgan fingerprint density at radius 3 is 2.86 bits per heavy atom. The SMILES string of the molecule is Cc1cnc2c(c1)nc(CCl)n2CCCCn1ccnc1. The lowest BCUT2D eigenvalue weighted by atomic mass is 10.3. The van der Waals surface area contributed by atoms with Crippen LogP contribution in [0.25, 0.3) is 11.2 Å². The van der Waals surface area contributed by atoms with E-state index in [4.69, 9.17) is 11.6 Å². The smallest absolute Gasteiger partial charge is 0.160 e. The topological polar surface area (TPSA) is 48.5 Å². The van der Waals surface area contributed by atoms with Crippen LogP contribution < -0.4 is 0 Å². The van der Waals surface area contributed by atoms with E-state index < -0.39 is 0 Å². The van der Waals surface area contributed by atoms with Crippen molar-refractivity contribution < 1.29 is 0 Å². The first-order valence-corrected chi connectivity index (χ1v) is 7.65. The number of alkyl halides is 1. The normalized spacial score (nSPS) is 11.3. The molecule has 0 aliphatic carbocycles. The first-order chi connectivity index (χ1) is 10.3. The van der Waals surface area contributed by atoms with Crippen molar-refractivity contribution in [3.63, 3.8) is 0 Å². The molecule has 3 aromatic rings. The Labute approximate surface area is 128 Å². The summed E-state index contributed by atoms with van der Waals surface area (Å²) in [5.41, 5.74) is 2.98. The van der Waals surface area contributed by atoms with E-state index in [9.17, 15) is 0 Å². The average molecular weight is 304 g/mol. The minimum absolute atomic E-state index is 0.414. The molecule has 0 aliphatic heterocycles. The third-order valence-electron chi connectivity index (χ3n) is 3.53. The summed E-state index contributed by atoms with van der Waals surface area (Å²) >= 11 is 6.01. The molecule has 0 unspecified atom stereocenters. The van der Waals surface area contributed by atoms with Crippen LogP contribution in [0.4, 0.5) is 0 Å². The number of pyridine rings is 1. The summed E-state index contributed by atoms with van der Waals surface area (Å²) in [5.74, 6) is 1.31. The van der Waals surface area contributed by atoms with Gasteiger partial charge in [-0.15, -0.1) is 11.6 Å². The Bertz CT molecular complexity index is 717. The Morgan fingerprint density at radius 2 is 2.10 bits per heavy atom. The molecule has 5 nitrogen and oxygen atoms in total. The number of unbranched alkanes of at least 4 members (excludes halogenated alkanes) is 1. The fourth-order valence-corrected chi connectivity index (χ4v) is 2.68. The van der Waals surface area contributed by atoms with E-state index in [0.29, 0.717) is 5.88 Å². The zero-order valence-electron chi connectivity index (χ0n) is 12.0. The Balaban J connectivity index is 1.70. The fourth-order valence-electron chi connectivity index (χ4n) is 2.48. The maximum absolute atomic E-state index is 6.01. The molecule has 0 bridgehead atoms. The highest BCUT2D eigenvalue weighted by atomic mass is 35.5. The van der Waals surface area contributed by atoms with E-state index in [1.807, 2.05) is 25.6 Å². The van der Waals surface area contributed by atoms with Gasteiger partial charge in [0.1, 0.15) is 11.3 Å². The summed E-state index contributed by atoms with van der Waals surface area (Å²) in [7, 11) is 0. The number of rotatable bonds is 6. The molecule has 0 N–H and O–H groups in total. The maximum atomic E-state index is 6.01. The monoisotopic (exact) mass is 303 g/mol. The molecular weight excluding hydrogens is 286 g/mol. The molecule has 6 heteroatoms. The molecule has 0 aliphatic rings. The highest BCUT2D eigenvalue weighted by Crippen LogP contribution is 2.17. The molecule has 0 atom stereocenters. The molecule has 110 valence electrons. The van der Waals surface area contributed by atoms with Crippen LogP contribution in [0.2, 0.25) is 0 Å². The standard InChI is InChI=1S/C15H18ClN5/c1-12-8-13-15(18-10-12)21(14(9-16)19-13)6-3-2-5-20-7-4-17-11-20/h4,7-8,10-11H,2-3,5-6,9H2,1H3. The number of nitrogens with zero attached hydrogens (tertiary/aromatic N) is 5. The predicted molar refractivity (Wildman–Crippen MR) is 83.3 cm³/mol. The number of fused-ring (bicyclic) bond motifs is 1. The van der Waals surface area contributed by atoms with E-state index in [1.54, 1.807) is 6.20 Å². The van der Waals surface area contributed by atoms with E-state index >= 15 is 0 Å². The molecule has 3 rings (SSSR count). The van der Waals surface area contributed by atoms with Gasteiger partial charge in [-0.1, -0.05) is 0 Å². The van der Waals surface area contributed by atoms with Gasteiger partial charge in [0.25, 0.3) is 0 Å². The van der Waals surface area contributed by atoms with Gasteiger partial charge in [0.2, 0.25) is 0 Å². The average Bonchev–Trinajstić information content (AvgIpc) is 3.10. The predicted octanol–water partition coefficient (Wildman–Crippen LogP) is 3.16. The number of aryl methyl sites for hydroxylation is 3. The quantitative estimate of drug-likeness (QED) is 0.519. The van der Waals surface area contributed by atoms with Crippen molar-refractivity contribution in [1.29, 1.82) is 0 Å². The van der Waals surface area contributed by atoms with Crippen molar-refractivity contribution in [2.45, 2.75) is 38.7 Å². The number of imidazole rings is 2. The Morgan fingerprint density at radius 1 is 1.24 bits per heavy atom. The fraction of sp³-hybridized carbons (Fsp3) is 0.400. The molecule has 0 saturated carbocycles. The second kappa shape index (κ2) is 6.26. The van der Waals surface area contributed by atoms with Gasteiger partial charge in [0.05, 0.1) is 12.2 Å². The van der Waals surface area contributed by atoms with Gasteiger partial charge in [0.15, 0.2) is 5.65 Å². The van der Waals surface area contributed by atoms with E-state index in [2.05, 4.69) is 30.2 Å². The molecule has 3 aromatic heterocycles. The first-order valence-electron chi connectivity index (χ1n) is 7.11. The molecular formula is C15H18ClN5. The number of hydrogen-bond acceptors (Lipinski definition) is 3. The van der Waals surface area contributed by atoms with Gasteiger partial charge in [0, 0.05) is 31.7 Å². The highest BCUT2D eigenvalue weighted by Gasteiger charge is 2.10. The molecule has 0 spiro atoms. The van der Waals surface area contributed by atoms with Crippen molar-refractivity contribution in [2.24, 2.45) is 0 Å². The third kappa shape index (κ3) is 3.08. The van der Waals surface area contributed by atoms with Crippen LogP contribution in [0.15, 0.2) is 31.0 Å². The van der Waals surface area contributed by atoms with E-state index in [-0.39, 0.29) is 0 Å². The van der Waals surface area contributed by atoms with Crippen LogP contribution in [0.1, 0.15) is 24.2 Å². The molecule has 0 fully saturated rings. The molecule has 21 heavy (non-hydrogen) atoms. The third-order valence-corrected chi connectivity index (χ3v) is 3.77. The van der Waals surface area contributed by atoms with Gasteiger partial charge in [-0.3, -0.25) is 0 Å². The second-order valence-electron chi connectivity index (χ2n) is 5.18. The van der Waals surface area contributed by atoms with E-state index in [0.717, 1.165) is 48.5 Å². The second-order valence-corrected chi connectivity index (χ2v) is 5.44. The summed E-state index contributed by atoms with van der Waals surface area (Å²) in [6.45, 7) is 3.90. The molecule has 3 heterocycles. The van der Waals surface area contributed by atoms with E-state index in [1.165, 1.54) is 0 Å². The summed E-state index contributed by atoms with van der Waals surface area (Å²) in [6, 6.07) is 2.06. The minimum atomic E-state index is 0.414. The maximum Gasteiger partial charge on any atom is 0.160 e. The zero-order chi connectivity index (χ0) is 14.7. The lowest BCUT2D eigenvalue weighted by molar-refractivity contribution is 0.550. The largest absolute Gasteiger partial charge is 0.337 e. The number of hydrogen-bond donors (Lipinski definition) is 0. The van der Waals surface area contributed by atoms with Crippen LogP contribution in [0, 0.1) is 6.92 Å². The molecule has 0 radical (unpaired) electrons. The summed E-state index contributed by atoms with van der Waals surface area (Å²) < 4.78 is 4.23. The van der Waals surface area contributed by atoms with Crippen LogP contribution >= 0.6 is 11.6 Å². The van der Waals surface area contributed by atoms with Gasteiger partial charge in [-0.2, -0.15) is 0 Å². The van der Waals surface area contributed by atoms with Crippen LogP contribution in [0.3, 0.4) is 0 Å². The Kier molecular flexibility index (Phi) is 4.20. The number of aromatic nitrogens is 5. The van der Waals surface area contributed by atoms with Crippen molar-refractivity contribution >= 4 is 22.8 Å². The van der Waals surface area contributed by atoms with Crippen molar-refractivity contribution in [3.8, 4) is 0 Å². The molecule has 0 amide bonds. The molecule has 0 saturated heterocycles. The van der Waals surface area contributed by atoms with Crippen molar-refractivity contribution in [3.05, 3.63) is 42.4 Å². The lowest BCUT2D eigenvalue weighted by Crippen LogP contribution is -2.05. The van der Waals surface area contributed by atoms with Crippen molar-refractivity contribution in [1.82, 2.24) is 24.1 Å². The van der Waals surface area contributed by atoms with Crippen molar-refractivity contribution in [2.75, 3.05) is 0 Å². The summed E-state index contributed by atoms with van der Waals surface area (Å²) in [6.07, 6.45) is 9.67.